The second-order valence-corrected chi connectivity index (χ2v) is 6.68. The first-order chi connectivity index (χ1) is 12.7. The minimum Gasteiger partial charge on any atom is -0.423 e. The van der Waals surface area contributed by atoms with Gasteiger partial charge in [-0.2, -0.15) is 0 Å². The number of hydrogen-bond acceptors (Lipinski definition) is 3. The first kappa shape index (κ1) is 19.3. The van der Waals surface area contributed by atoms with E-state index in [2.05, 4.69) is 26.6 Å². The van der Waals surface area contributed by atoms with Crippen LogP contribution in [0.15, 0.2) is 37.9 Å². The molecule has 0 amide bonds. The molecule has 0 aliphatic carbocycles. The summed E-state index contributed by atoms with van der Waals surface area (Å²) in [5, 5.41) is 5.04. The summed E-state index contributed by atoms with van der Waals surface area (Å²) in [7, 11) is 0. The molecule has 0 saturated carbocycles. The highest BCUT2D eigenvalue weighted by Crippen LogP contribution is 2.31. The van der Waals surface area contributed by atoms with E-state index in [1.165, 1.54) is 12.1 Å². The summed E-state index contributed by atoms with van der Waals surface area (Å²) in [5.74, 6) is -6.46. The number of benzene rings is 2. The van der Waals surface area contributed by atoms with Crippen LogP contribution in [0.25, 0.3) is 11.0 Å². The first-order valence-electron chi connectivity index (χ1n) is 7.33. The number of nitrogens with one attached hydrogen (secondary N) is 2. The van der Waals surface area contributed by atoms with Crippen LogP contribution in [0.5, 0.6) is 0 Å². The molecule has 3 aromatic rings. The Kier molecular flexibility index (Phi) is 5.20. The summed E-state index contributed by atoms with van der Waals surface area (Å²) in [6.45, 7) is 1.74. The van der Waals surface area contributed by atoms with Crippen molar-refractivity contribution in [1.82, 2.24) is 0 Å². The second kappa shape index (κ2) is 7.28. The molecular weight excluding hydrogens is 452 g/mol. The molecule has 0 radical (unpaired) electrons. The van der Waals surface area contributed by atoms with Crippen molar-refractivity contribution in [2.75, 3.05) is 10.6 Å². The third-order valence-corrected chi connectivity index (χ3v) is 4.56. The lowest BCUT2D eigenvalue weighted by Gasteiger charge is -2.14. The number of fused-ring (bicyclic) bond motifs is 1. The smallest absolute Gasteiger partial charge is 0.336 e. The maximum absolute atomic E-state index is 13.9. The molecule has 4 nitrogen and oxygen atoms in total. The Hall–Kier alpha value is -2.46. The van der Waals surface area contributed by atoms with Gasteiger partial charge in [-0.15, -0.1) is 0 Å². The van der Waals surface area contributed by atoms with Gasteiger partial charge in [0.1, 0.15) is 11.3 Å². The normalized spacial score (nSPS) is 10.9. The maximum atomic E-state index is 13.9. The minimum absolute atomic E-state index is 0.269. The Morgan fingerprint density at radius 3 is 2.30 bits per heavy atom. The fourth-order valence-corrected chi connectivity index (χ4v) is 2.96. The second-order valence-electron chi connectivity index (χ2n) is 5.48. The summed E-state index contributed by atoms with van der Waals surface area (Å²) in [6, 6.07) is 6.02. The average Bonchev–Trinajstić information content (AvgIpc) is 2.61. The van der Waals surface area contributed by atoms with Crippen LogP contribution in [0, 0.1) is 30.2 Å². The van der Waals surface area contributed by atoms with Crippen molar-refractivity contribution in [2.45, 2.75) is 6.92 Å². The molecule has 2 N–H and O–H groups in total. The number of hydrogen-bond donors (Lipinski definition) is 2. The Bertz CT molecular complexity index is 1120. The molecule has 0 aliphatic rings. The van der Waals surface area contributed by atoms with Crippen LogP contribution in [-0.4, -0.2) is 5.11 Å². The van der Waals surface area contributed by atoms with Crippen molar-refractivity contribution < 1.29 is 22.0 Å². The van der Waals surface area contributed by atoms with Crippen LogP contribution in [0.4, 0.5) is 28.9 Å². The van der Waals surface area contributed by atoms with Crippen LogP contribution in [0.3, 0.4) is 0 Å². The molecule has 10 heteroatoms. The van der Waals surface area contributed by atoms with Crippen molar-refractivity contribution in [2.24, 2.45) is 0 Å². The van der Waals surface area contributed by atoms with Gasteiger partial charge in [-0.25, -0.2) is 22.4 Å². The van der Waals surface area contributed by atoms with E-state index in [0.29, 0.717) is 16.6 Å². The largest absolute Gasteiger partial charge is 0.423 e. The van der Waals surface area contributed by atoms with E-state index in [0.717, 1.165) is 0 Å². The van der Waals surface area contributed by atoms with Crippen LogP contribution < -0.4 is 16.3 Å². The van der Waals surface area contributed by atoms with E-state index >= 15 is 0 Å². The molecule has 0 aliphatic heterocycles. The quantitative estimate of drug-likeness (QED) is 0.180. The summed E-state index contributed by atoms with van der Waals surface area (Å²) in [5.41, 5.74) is -0.311. The Labute approximate surface area is 163 Å². The number of anilines is 2. The molecule has 140 valence electrons. The van der Waals surface area contributed by atoms with Gasteiger partial charge in [-0.1, -0.05) is 0 Å². The predicted octanol–water partition coefficient (Wildman–Crippen LogP) is 5.23. The van der Waals surface area contributed by atoms with E-state index in [4.69, 9.17) is 16.6 Å². The Balaban J connectivity index is 1.89. The van der Waals surface area contributed by atoms with E-state index in [1.807, 2.05) is 0 Å². The summed E-state index contributed by atoms with van der Waals surface area (Å²) in [4.78, 5) is 11.5. The number of aryl methyl sites for hydroxylation is 1. The summed E-state index contributed by atoms with van der Waals surface area (Å²) >= 11 is 7.35. The predicted molar refractivity (Wildman–Crippen MR) is 101 cm³/mol. The fourth-order valence-electron chi connectivity index (χ4n) is 2.39. The SMILES string of the molecule is Cc1cc(=O)oc2cc(NC(=S)Nc3c(F)c(F)c(Br)c(F)c3F)ccc12. The van der Waals surface area contributed by atoms with Crippen molar-refractivity contribution in [1.29, 1.82) is 0 Å². The molecule has 0 saturated heterocycles. The van der Waals surface area contributed by atoms with Crippen LogP contribution >= 0.6 is 28.1 Å². The topological polar surface area (TPSA) is 54.3 Å². The highest BCUT2D eigenvalue weighted by atomic mass is 79.9. The van der Waals surface area contributed by atoms with Crippen molar-refractivity contribution in [3.05, 3.63) is 68.0 Å². The third-order valence-electron chi connectivity index (χ3n) is 3.66. The van der Waals surface area contributed by atoms with Crippen molar-refractivity contribution in [3.63, 3.8) is 0 Å². The van der Waals surface area contributed by atoms with Crippen molar-refractivity contribution in [3.8, 4) is 0 Å². The molecule has 0 unspecified atom stereocenters. The standard InChI is InChI=1S/C17H9BrF4N2O2S/c1-6-4-10(25)26-9-5-7(2-3-8(6)9)23-17(27)24-16-14(21)12(19)11(18)13(20)15(16)22/h2-5H,1H3,(H2,23,24,27). The first-order valence-corrected chi connectivity index (χ1v) is 8.53. The van der Waals surface area contributed by atoms with Gasteiger partial charge in [0, 0.05) is 23.2 Å². The van der Waals surface area contributed by atoms with Crippen molar-refractivity contribution >= 4 is 55.6 Å². The zero-order valence-electron chi connectivity index (χ0n) is 13.4. The van der Waals surface area contributed by atoms with Gasteiger partial charge < -0.3 is 15.1 Å². The maximum Gasteiger partial charge on any atom is 0.336 e. The lowest BCUT2D eigenvalue weighted by Crippen LogP contribution is -2.21. The van der Waals surface area contributed by atoms with E-state index in [1.54, 1.807) is 19.1 Å². The number of halogens is 5. The molecule has 1 heterocycles. The van der Waals surface area contributed by atoms with Gasteiger partial charge in [0.05, 0.1) is 4.47 Å². The van der Waals surface area contributed by atoms with Gasteiger partial charge in [0.2, 0.25) is 0 Å². The zero-order chi connectivity index (χ0) is 19.9. The average molecular weight is 461 g/mol. The lowest BCUT2D eigenvalue weighted by atomic mass is 10.1. The molecule has 1 aromatic heterocycles. The lowest BCUT2D eigenvalue weighted by molar-refractivity contribution is 0.452. The van der Waals surface area contributed by atoms with Gasteiger partial charge in [0.15, 0.2) is 28.4 Å². The fraction of sp³-hybridized carbons (Fsp3) is 0.0588. The molecule has 0 bridgehead atoms. The molecule has 2 aromatic carbocycles. The monoisotopic (exact) mass is 460 g/mol. The highest BCUT2D eigenvalue weighted by molar-refractivity contribution is 9.10. The van der Waals surface area contributed by atoms with Gasteiger partial charge in [0.25, 0.3) is 0 Å². The molecule has 3 rings (SSSR count). The molecule has 0 spiro atoms. The molecular formula is C17H9BrF4N2O2S. The minimum atomic E-state index is -1.63. The number of rotatable bonds is 2. The van der Waals surface area contributed by atoms with Crippen LogP contribution in [0.2, 0.25) is 0 Å². The zero-order valence-corrected chi connectivity index (χ0v) is 15.8. The van der Waals surface area contributed by atoms with Gasteiger partial charge in [-0.05, 0) is 52.8 Å². The summed E-state index contributed by atoms with van der Waals surface area (Å²) < 4.78 is 59.1. The molecule has 0 fully saturated rings. The Morgan fingerprint density at radius 1 is 1.04 bits per heavy atom. The summed E-state index contributed by atoms with van der Waals surface area (Å²) in [6.07, 6.45) is 0. The van der Waals surface area contributed by atoms with Crippen LogP contribution in [-0.2, 0) is 0 Å². The molecule has 0 atom stereocenters. The van der Waals surface area contributed by atoms with E-state index in [9.17, 15) is 22.4 Å². The Morgan fingerprint density at radius 2 is 1.67 bits per heavy atom. The third kappa shape index (κ3) is 3.67. The van der Waals surface area contributed by atoms with Gasteiger partial charge in [-0.3, -0.25) is 0 Å². The van der Waals surface area contributed by atoms with Crippen LogP contribution in [0.1, 0.15) is 5.56 Å². The van der Waals surface area contributed by atoms with E-state index in [-0.39, 0.29) is 10.7 Å². The number of thiocarbonyl (C=S) groups is 1. The van der Waals surface area contributed by atoms with E-state index < -0.39 is 39.1 Å². The van der Waals surface area contributed by atoms with Gasteiger partial charge >= 0.3 is 5.63 Å². The highest BCUT2D eigenvalue weighted by Gasteiger charge is 2.24. The molecule has 27 heavy (non-hydrogen) atoms.